The summed E-state index contributed by atoms with van der Waals surface area (Å²) in [7, 11) is 0. The van der Waals surface area contributed by atoms with Gasteiger partial charge in [0.1, 0.15) is 5.82 Å². The number of nitrogens with one attached hydrogen (secondary N) is 1. The van der Waals surface area contributed by atoms with E-state index < -0.39 is 0 Å². The molecule has 0 saturated carbocycles. The molecule has 0 radical (unpaired) electrons. The zero-order valence-corrected chi connectivity index (χ0v) is 14.6. The van der Waals surface area contributed by atoms with Gasteiger partial charge in [-0.2, -0.15) is 0 Å². The summed E-state index contributed by atoms with van der Waals surface area (Å²) in [6.45, 7) is 3.24. The van der Waals surface area contributed by atoms with Gasteiger partial charge in [0.05, 0.1) is 18.3 Å². The molecular weight excluding hydrogens is 381 g/mol. The second-order valence-corrected chi connectivity index (χ2v) is 5.52. The van der Waals surface area contributed by atoms with Crippen molar-refractivity contribution in [1.29, 1.82) is 0 Å². The van der Waals surface area contributed by atoms with Crippen molar-refractivity contribution in [2.24, 2.45) is 10.7 Å². The molecule has 3 heterocycles. The van der Waals surface area contributed by atoms with Crippen LogP contribution >= 0.6 is 24.0 Å². The number of aryl methyl sites for hydroxylation is 2. The Morgan fingerprint density at radius 1 is 1.48 bits per heavy atom. The summed E-state index contributed by atoms with van der Waals surface area (Å²) >= 11 is 0. The van der Waals surface area contributed by atoms with Gasteiger partial charge in [-0.05, 0) is 25.7 Å². The highest BCUT2D eigenvalue weighted by Gasteiger charge is 2.15. The lowest BCUT2D eigenvalue weighted by molar-refractivity contribution is 0.114. The molecule has 3 N–H and O–H groups in total. The van der Waals surface area contributed by atoms with Crippen LogP contribution in [0.15, 0.2) is 11.2 Å². The number of rotatable bonds is 4. The Labute approximate surface area is 142 Å². The molecule has 1 aromatic heterocycles. The highest BCUT2D eigenvalue weighted by Crippen LogP contribution is 2.15. The molecule has 1 fully saturated rings. The molecule has 118 valence electrons. The van der Waals surface area contributed by atoms with Gasteiger partial charge in [-0.15, -0.1) is 24.0 Å². The van der Waals surface area contributed by atoms with Gasteiger partial charge < -0.3 is 20.4 Å². The molecule has 6 nitrogen and oxygen atoms in total. The van der Waals surface area contributed by atoms with E-state index in [1.165, 1.54) is 18.7 Å². The largest absolute Gasteiger partial charge is 0.376 e. The van der Waals surface area contributed by atoms with Crippen LogP contribution in [0.3, 0.4) is 0 Å². The number of fused-ring (bicyclic) bond motifs is 1. The standard InChI is InChI=1S/C14H23N5O.HI/c15-14(17-9-12-4-3-7-20-12)16-8-11-10-19-6-2-1-5-13(19)18-11;/h10,12H,1-9H2,(H3,15,16,17);1H. The topological polar surface area (TPSA) is 77.5 Å². The number of nitrogens with two attached hydrogens (primary N) is 1. The van der Waals surface area contributed by atoms with E-state index in [0.29, 0.717) is 12.5 Å². The third kappa shape index (κ3) is 4.57. The molecule has 1 saturated heterocycles. The van der Waals surface area contributed by atoms with Crippen LogP contribution in [0.5, 0.6) is 0 Å². The molecule has 1 unspecified atom stereocenters. The predicted octanol–water partition coefficient (Wildman–Crippen LogP) is 1.42. The smallest absolute Gasteiger partial charge is 0.189 e. The van der Waals surface area contributed by atoms with E-state index in [1.54, 1.807) is 0 Å². The van der Waals surface area contributed by atoms with Crippen LogP contribution in [0, 0.1) is 0 Å². The van der Waals surface area contributed by atoms with E-state index in [-0.39, 0.29) is 30.1 Å². The monoisotopic (exact) mass is 405 g/mol. The minimum atomic E-state index is 0. The van der Waals surface area contributed by atoms with Crippen LogP contribution in [0.2, 0.25) is 0 Å². The van der Waals surface area contributed by atoms with Crippen molar-refractivity contribution in [3.05, 3.63) is 17.7 Å². The molecule has 7 heteroatoms. The van der Waals surface area contributed by atoms with E-state index in [1.807, 2.05) is 0 Å². The van der Waals surface area contributed by atoms with Gasteiger partial charge in [-0.25, -0.2) is 9.98 Å². The van der Waals surface area contributed by atoms with E-state index in [2.05, 4.69) is 26.1 Å². The van der Waals surface area contributed by atoms with Crippen LogP contribution < -0.4 is 11.1 Å². The SMILES string of the molecule is I.NC(=NCc1cn2c(n1)CCCC2)NCC1CCCO1. The maximum atomic E-state index is 5.87. The molecule has 1 atom stereocenters. The predicted molar refractivity (Wildman–Crippen MR) is 92.9 cm³/mol. The van der Waals surface area contributed by atoms with Gasteiger partial charge in [0.15, 0.2) is 5.96 Å². The maximum absolute atomic E-state index is 5.87. The first-order chi connectivity index (χ1) is 9.81. The number of guanidine groups is 1. The van der Waals surface area contributed by atoms with Crippen molar-refractivity contribution < 1.29 is 4.74 Å². The zero-order valence-electron chi connectivity index (χ0n) is 12.3. The van der Waals surface area contributed by atoms with Crippen molar-refractivity contribution >= 4 is 29.9 Å². The first-order valence-electron chi connectivity index (χ1n) is 7.51. The van der Waals surface area contributed by atoms with Gasteiger partial charge in [-0.1, -0.05) is 0 Å². The lowest BCUT2D eigenvalue weighted by Gasteiger charge is -2.11. The number of ether oxygens (including phenoxy) is 1. The van der Waals surface area contributed by atoms with Gasteiger partial charge >= 0.3 is 0 Å². The molecule has 2 aliphatic rings. The lowest BCUT2D eigenvalue weighted by atomic mass is 10.2. The van der Waals surface area contributed by atoms with Crippen LogP contribution in [-0.4, -0.2) is 34.8 Å². The van der Waals surface area contributed by atoms with Crippen LogP contribution in [0.1, 0.15) is 37.2 Å². The minimum absolute atomic E-state index is 0. The lowest BCUT2D eigenvalue weighted by Crippen LogP contribution is -2.37. The fraction of sp³-hybridized carbons (Fsp3) is 0.714. The Balaban J connectivity index is 0.00000161. The van der Waals surface area contributed by atoms with Gasteiger partial charge in [-0.3, -0.25) is 0 Å². The summed E-state index contributed by atoms with van der Waals surface area (Å²) in [5.41, 5.74) is 6.87. The Bertz CT molecular complexity index is 458. The Morgan fingerprint density at radius 2 is 2.38 bits per heavy atom. The molecule has 1 aromatic rings. The van der Waals surface area contributed by atoms with Crippen molar-refractivity contribution in [2.75, 3.05) is 13.2 Å². The third-order valence-electron chi connectivity index (χ3n) is 3.90. The van der Waals surface area contributed by atoms with Crippen LogP contribution in [0.4, 0.5) is 0 Å². The summed E-state index contributed by atoms with van der Waals surface area (Å²) in [6, 6.07) is 0. The van der Waals surface area contributed by atoms with Crippen molar-refractivity contribution in [3.8, 4) is 0 Å². The fourth-order valence-corrected chi connectivity index (χ4v) is 2.79. The van der Waals surface area contributed by atoms with Gasteiger partial charge in [0, 0.05) is 32.3 Å². The van der Waals surface area contributed by atoms with Crippen molar-refractivity contribution in [1.82, 2.24) is 14.9 Å². The van der Waals surface area contributed by atoms with E-state index in [4.69, 9.17) is 10.5 Å². The summed E-state index contributed by atoms with van der Waals surface area (Å²) in [5, 5.41) is 3.12. The molecule has 21 heavy (non-hydrogen) atoms. The summed E-state index contributed by atoms with van der Waals surface area (Å²) in [4.78, 5) is 8.96. The highest BCUT2D eigenvalue weighted by atomic mass is 127. The third-order valence-corrected chi connectivity index (χ3v) is 3.90. The van der Waals surface area contributed by atoms with Crippen LogP contribution in [-0.2, 0) is 24.2 Å². The molecule has 0 aliphatic carbocycles. The summed E-state index contributed by atoms with van der Waals surface area (Å²) in [6.07, 6.45) is 8.20. The number of imidazole rings is 1. The zero-order chi connectivity index (χ0) is 13.8. The second kappa shape index (κ2) is 7.98. The van der Waals surface area contributed by atoms with Gasteiger partial charge in [0.25, 0.3) is 0 Å². The first-order valence-corrected chi connectivity index (χ1v) is 7.51. The van der Waals surface area contributed by atoms with E-state index in [9.17, 15) is 0 Å². The van der Waals surface area contributed by atoms with Gasteiger partial charge in [0.2, 0.25) is 0 Å². The molecule has 0 spiro atoms. The van der Waals surface area contributed by atoms with Crippen molar-refractivity contribution in [2.45, 2.75) is 51.3 Å². The Morgan fingerprint density at radius 3 is 3.14 bits per heavy atom. The normalized spacial score (nSPS) is 21.7. The number of hydrogen-bond acceptors (Lipinski definition) is 3. The first kappa shape index (κ1) is 16.5. The fourth-order valence-electron chi connectivity index (χ4n) is 2.79. The van der Waals surface area contributed by atoms with Crippen molar-refractivity contribution in [3.63, 3.8) is 0 Å². The number of halogens is 1. The molecule has 2 aliphatic heterocycles. The molecule has 0 aromatic carbocycles. The average Bonchev–Trinajstić information content (AvgIpc) is 3.11. The maximum Gasteiger partial charge on any atom is 0.189 e. The number of aromatic nitrogens is 2. The highest BCUT2D eigenvalue weighted by molar-refractivity contribution is 14.0. The molecule has 0 amide bonds. The average molecular weight is 405 g/mol. The Kier molecular flexibility index (Phi) is 6.28. The number of aliphatic imine (C=N–C) groups is 1. The number of nitrogens with zero attached hydrogens (tertiary/aromatic N) is 3. The number of hydrogen-bond donors (Lipinski definition) is 2. The van der Waals surface area contributed by atoms with E-state index in [0.717, 1.165) is 44.7 Å². The summed E-state index contributed by atoms with van der Waals surface area (Å²) < 4.78 is 7.77. The quantitative estimate of drug-likeness (QED) is 0.451. The van der Waals surface area contributed by atoms with E-state index >= 15 is 0 Å². The Hall–Kier alpha value is -0.830. The minimum Gasteiger partial charge on any atom is -0.376 e. The molecule has 0 bridgehead atoms. The second-order valence-electron chi connectivity index (χ2n) is 5.52. The molecule has 3 rings (SSSR count). The molecular formula is C14H24IN5O. The summed E-state index contributed by atoms with van der Waals surface area (Å²) in [5.74, 6) is 1.67. The van der Waals surface area contributed by atoms with Crippen LogP contribution in [0.25, 0.3) is 0 Å².